The number of aromatic nitrogens is 1. The molecule has 1 rings (SSSR count). The summed E-state index contributed by atoms with van der Waals surface area (Å²) in [6.45, 7) is 4.05. The molecule has 0 saturated heterocycles. The predicted octanol–water partition coefficient (Wildman–Crippen LogP) is 2.01. The first-order valence-corrected chi connectivity index (χ1v) is 5.64. The molecule has 0 aliphatic carbocycles. The van der Waals surface area contributed by atoms with E-state index >= 15 is 0 Å². The van der Waals surface area contributed by atoms with Crippen molar-refractivity contribution in [2.45, 2.75) is 26.4 Å². The maximum Gasteiger partial charge on any atom is 0.357 e. The zero-order chi connectivity index (χ0) is 11.4. The largest absolute Gasteiger partial charge is 0.464 e. The van der Waals surface area contributed by atoms with E-state index in [-0.39, 0.29) is 5.69 Å². The van der Waals surface area contributed by atoms with E-state index in [0.29, 0.717) is 17.3 Å². The number of aliphatic hydroxyl groups excluding tert-OH is 1. The zero-order valence-corrected chi connectivity index (χ0v) is 9.87. The van der Waals surface area contributed by atoms with Crippen LogP contribution in [0, 0.1) is 5.92 Å². The summed E-state index contributed by atoms with van der Waals surface area (Å²) in [5, 5.41) is 11.9. The number of rotatable bonds is 4. The Morgan fingerprint density at radius 2 is 2.33 bits per heavy atom. The fourth-order valence-corrected chi connectivity index (χ4v) is 1.97. The first-order valence-electron chi connectivity index (χ1n) is 4.76. The van der Waals surface area contributed by atoms with Gasteiger partial charge in [0.05, 0.1) is 7.11 Å². The Kier molecular flexibility index (Phi) is 4.23. The molecule has 1 atom stereocenters. The van der Waals surface area contributed by atoms with Crippen molar-refractivity contribution in [2.24, 2.45) is 5.92 Å². The third-order valence-electron chi connectivity index (χ3n) is 1.90. The van der Waals surface area contributed by atoms with Crippen molar-refractivity contribution in [2.75, 3.05) is 7.11 Å². The Balaban J connectivity index is 2.71. The summed E-state index contributed by atoms with van der Waals surface area (Å²) in [7, 11) is 1.31. The lowest BCUT2D eigenvalue weighted by molar-refractivity contribution is 0.0594. The van der Waals surface area contributed by atoms with E-state index in [1.54, 1.807) is 5.38 Å². The van der Waals surface area contributed by atoms with Gasteiger partial charge in [0.1, 0.15) is 11.1 Å². The number of thiazole rings is 1. The van der Waals surface area contributed by atoms with Gasteiger partial charge in [-0.3, -0.25) is 0 Å². The molecule has 0 aliphatic rings. The molecule has 4 nitrogen and oxygen atoms in total. The van der Waals surface area contributed by atoms with Crippen molar-refractivity contribution in [3.63, 3.8) is 0 Å². The fraction of sp³-hybridized carbons (Fsp3) is 0.600. The Bertz CT molecular complexity index is 335. The molecule has 0 aromatic carbocycles. The number of carbonyl (C=O) groups excluding carboxylic acids is 1. The van der Waals surface area contributed by atoms with Crippen LogP contribution in [0.5, 0.6) is 0 Å². The second kappa shape index (κ2) is 5.23. The van der Waals surface area contributed by atoms with Gasteiger partial charge in [-0.1, -0.05) is 13.8 Å². The van der Waals surface area contributed by atoms with Crippen LogP contribution in [0.4, 0.5) is 0 Å². The van der Waals surface area contributed by atoms with Crippen molar-refractivity contribution < 1.29 is 14.6 Å². The number of ether oxygens (including phenoxy) is 1. The van der Waals surface area contributed by atoms with Crippen LogP contribution < -0.4 is 0 Å². The normalized spacial score (nSPS) is 12.9. The molecule has 15 heavy (non-hydrogen) atoms. The van der Waals surface area contributed by atoms with Crippen molar-refractivity contribution in [1.29, 1.82) is 0 Å². The van der Waals surface area contributed by atoms with Crippen LogP contribution in [0.1, 0.15) is 41.9 Å². The monoisotopic (exact) mass is 229 g/mol. The summed E-state index contributed by atoms with van der Waals surface area (Å²) in [6, 6.07) is 0. The fourth-order valence-electron chi connectivity index (χ4n) is 1.19. The van der Waals surface area contributed by atoms with Gasteiger partial charge in [-0.25, -0.2) is 9.78 Å². The number of nitrogens with zero attached hydrogens (tertiary/aromatic N) is 1. The topological polar surface area (TPSA) is 59.4 Å². The van der Waals surface area contributed by atoms with Crippen LogP contribution in [-0.4, -0.2) is 23.2 Å². The first kappa shape index (κ1) is 12.1. The number of carbonyl (C=O) groups is 1. The van der Waals surface area contributed by atoms with Crippen molar-refractivity contribution in [3.8, 4) is 0 Å². The molecular formula is C10H15NO3S. The van der Waals surface area contributed by atoms with Gasteiger partial charge in [0.25, 0.3) is 0 Å². The highest BCUT2D eigenvalue weighted by atomic mass is 32.1. The zero-order valence-electron chi connectivity index (χ0n) is 9.06. The van der Waals surface area contributed by atoms with E-state index in [1.165, 1.54) is 18.4 Å². The summed E-state index contributed by atoms with van der Waals surface area (Å²) in [4.78, 5) is 15.1. The molecule has 0 bridgehead atoms. The van der Waals surface area contributed by atoms with E-state index in [0.717, 1.165) is 0 Å². The lowest BCUT2D eigenvalue weighted by Crippen LogP contribution is -2.04. The maximum atomic E-state index is 11.1. The molecule has 1 aromatic rings. The molecule has 0 amide bonds. The lowest BCUT2D eigenvalue weighted by atomic mass is 10.1. The first-order chi connectivity index (χ1) is 7.04. The Labute approximate surface area is 92.9 Å². The second-order valence-corrected chi connectivity index (χ2v) is 4.60. The van der Waals surface area contributed by atoms with Gasteiger partial charge < -0.3 is 9.84 Å². The second-order valence-electron chi connectivity index (χ2n) is 3.71. The smallest absolute Gasteiger partial charge is 0.357 e. The van der Waals surface area contributed by atoms with Crippen LogP contribution in [0.3, 0.4) is 0 Å². The summed E-state index contributed by atoms with van der Waals surface area (Å²) < 4.78 is 4.53. The number of hydrogen-bond acceptors (Lipinski definition) is 5. The van der Waals surface area contributed by atoms with Gasteiger partial charge in [-0.05, 0) is 12.3 Å². The summed E-state index contributed by atoms with van der Waals surface area (Å²) >= 11 is 1.28. The Morgan fingerprint density at radius 3 is 2.87 bits per heavy atom. The predicted molar refractivity (Wildman–Crippen MR) is 57.9 cm³/mol. The van der Waals surface area contributed by atoms with Crippen LogP contribution >= 0.6 is 11.3 Å². The van der Waals surface area contributed by atoms with E-state index in [4.69, 9.17) is 0 Å². The molecule has 5 heteroatoms. The van der Waals surface area contributed by atoms with Gasteiger partial charge >= 0.3 is 5.97 Å². The van der Waals surface area contributed by atoms with Gasteiger partial charge in [0.2, 0.25) is 0 Å². The number of hydrogen-bond donors (Lipinski definition) is 1. The van der Waals surface area contributed by atoms with E-state index in [1.807, 2.05) is 13.8 Å². The minimum Gasteiger partial charge on any atom is -0.464 e. The summed E-state index contributed by atoms with van der Waals surface area (Å²) in [5.74, 6) is -0.0697. The molecular weight excluding hydrogens is 214 g/mol. The molecule has 0 radical (unpaired) electrons. The van der Waals surface area contributed by atoms with Crippen LogP contribution in [0.15, 0.2) is 5.38 Å². The van der Waals surface area contributed by atoms with Crippen molar-refractivity contribution in [3.05, 3.63) is 16.1 Å². The van der Waals surface area contributed by atoms with E-state index < -0.39 is 12.1 Å². The third kappa shape index (κ3) is 3.28. The molecule has 0 saturated carbocycles. The molecule has 1 N–H and O–H groups in total. The highest BCUT2D eigenvalue weighted by Crippen LogP contribution is 2.24. The van der Waals surface area contributed by atoms with Crippen LogP contribution in [0.2, 0.25) is 0 Å². The number of methoxy groups -OCH3 is 1. The quantitative estimate of drug-likeness (QED) is 0.802. The molecule has 0 spiro atoms. The van der Waals surface area contributed by atoms with Gasteiger partial charge in [0, 0.05) is 5.38 Å². The van der Waals surface area contributed by atoms with Gasteiger partial charge in [-0.2, -0.15) is 0 Å². The van der Waals surface area contributed by atoms with Crippen molar-refractivity contribution >= 4 is 17.3 Å². The van der Waals surface area contributed by atoms with Gasteiger partial charge in [-0.15, -0.1) is 11.3 Å². The molecule has 0 aliphatic heterocycles. The third-order valence-corrected chi connectivity index (χ3v) is 2.84. The van der Waals surface area contributed by atoms with E-state index in [2.05, 4.69) is 9.72 Å². The minimum absolute atomic E-state index is 0.264. The number of esters is 1. The standard InChI is InChI=1S/C10H15NO3S/c1-6(2)4-8(12)9-11-7(5-15-9)10(13)14-3/h5-6,8,12H,4H2,1-3H3/t8-/m0/s1. The molecule has 1 heterocycles. The Morgan fingerprint density at radius 1 is 1.67 bits per heavy atom. The highest BCUT2D eigenvalue weighted by molar-refractivity contribution is 7.09. The molecule has 1 aromatic heterocycles. The minimum atomic E-state index is -0.589. The Hall–Kier alpha value is -0.940. The maximum absolute atomic E-state index is 11.1. The van der Waals surface area contributed by atoms with E-state index in [9.17, 15) is 9.90 Å². The SMILES string of the molecule is COC(=O)c1csc([C@@H](O)CC(C)C)n1. The number of aliphatic hydroxyl groups is 1. The summed E-state index contributed by atoms with van der Waals surface area (Å²) in [5.41, 5.74) is 0.264. The molecule has 0 fully saturated rings. The van der Waals surface area contributed by atoms with Gasteiger partial charge in [0.15, 0.2) is 5.69 Å². The summed E-state index contributed by atoms with van der Waals surface area (Å²) in [6.07, 6.45) is 0.0575. The average molecular weight is 229 g/mol. The lowest BCUT2D eigenvalue weighted by Gasteiger charge is -2.09. The molecule has 0 unspecified atom stereocenters. The van der Waals surface area contributed by atoms with Crippen LogP contribution in [-0.2, 0) is 4.74 Å². The molecule has 84 valence electrons. The van der Waals surface area contributed by atoms with Crippen LogP contribution in [0.25, 0.3) is 0 Å². The average Bonchev–Trinajstić information content (AvgIpc) is 2.64. The highest BCUT2D eigenvalue weighted by Gasteiger charge is 2.17. The van der Waals surface area contributed by atoms with Crippen molar-refractivity contribution in [1.82, 2.24) is 4.98 Å².